The second-order valence-corrected chi connectivity index (χ2v) is 6.89. The first-order chi connectivity index (χ1) is 13.2. The molecule has 2 rings (SSSR count). The molecule has 5 nitrogen and oxygen atoms in total. The lowest BCUT2D eigenvalue weighted by Gasteiger charge is -2.24. The van der Waals surface area contributed by atoms with Crippen LogP contribution in [0.1, 0.15) is 31.0 Å². The molecule has 150 valence electrons. The molecule has 7 heteroatoms. The Hall–Kier alpha value is -2.80. The normalized spacial score (nSPS) is 12.9. The number of benzene rings is 2. The molecule has 0 saturated heterocycles. The van der Waals surface area contributed by atoms with Gasteiger partial charge in [-0.25, -0.2) is 8.78 Å². The minimum Gasteiger partial charge on any atom is -0.335 e. The summed E-state index contributed by atoms with van der Waals surface area (Å²) in [7, 11) is 1.54. The van der Waals surface area contributed by atoms with Gasteiger partial charge >= 0.3 is 0 Å². The van der Waals surface area contributed by atoms with Crippen molar-refractivity contribution in [1.82, 2.24) is 10.2 Å². The summed E-state index contributed by atoms with van der Waals surface area (Å²) in [5.74, 6) is -2.44. The fraction of sp³-hybridized carbons (Fsp3) is 0.333. The first-order valence-corrected chi connectivity index (χ1v) is 9.00. The zero-order valence-electron chi connectivity index (χ0n) is 16.4. The molecular weight excluding hydrogens is 364 g/mol. The molecule has 0 aliphatic heterocycles. The number of aryl methyl sites for hydroxylation is 1. The van der Waals surface area contributed by atoms with Crippen LogP contribution in [0.4, 0.5) is 14.5 Å². The first kappa shape index (κ1) is 21.5. The number of hydrogen-bond donors (Lipinski definition) is 2. The van der Waals surface area contributed by atoms with Gasteiger partial charge in [0, 0.05) is 18.8 Å². The number of halogens is 2. The van der Waals surface area contributed by atoms with Gasteiger partial charge in [-0.2, -0.15) is 0 Å². The van der Waals surface area contributed by atoms with E-state index in [1.807, 2.05) is 19.1 Å². The van der Waals surface area contributed by atoms with Crippen LogP contribution in [-0.4, -0.2) is 36.3 Å². The number of hydrogen-bond acceptors (Lipinski definition) is 3. The number of anilines is 1. The summed E-state index contributed by atoms with van der Waals surface area (Å²) in [6, 6.07) is 9.99. The largest absolute Gasteiger partial charge is 0.335 e. The maximum Gasteiger partial charge on any atom is 0.243 e. The average molecular weight is 389 g/mol. The van der Waals surface area contributed by atoms with Gasteiger partial charge in [0.05, 0.1) is 12.6 Å². The van der Waals surface area contributed by atoms with Gasteiger partial charge in [-0.15, -0.1) is 0 Å². The Morgan fingerprint density at radius 1 is 1.04 bits per heavy atom. The summed E-state index contributed by atoms with van der Waals surface area (Å²) in [4.78, 5) is 26.0. The van der Waals surface area contributed by atoms with Crippen molar-refractivity contribution in [3.05, 3.63) is 65.2 Å². The van der Waals surface area contributed by atoms with Crippen molar-refractivity contribution in [1.29, 1.82) is 0 Å². The molecule has 0 unspecified atom stereocenters. The third-order valence-electron chi connectivity index (χ3n) is 4.41. The van der Waals surface area contributed by atoms with E-state index in [-0.39, 0.29) is 24.4 Å². The molecule has 2 aromatic rings. The molecule has 0 spiro atoms. The average Bonchev–Trinajstić information content (AvgIpc) is 2.64. The zero-order chi connectivity index (χ0) is 20.8. The van der Waals surface area contributed by atoms with Gasteiger partial charge < -0.3 is 10.2 Å². The van der Waals surface area contributed by atoms with Crippen LogP contribution in [0.25, 0.3) is 0 Å². The van der Waals surface area contributed by atoms with Crippen LogP contribution in [-0.2, 0) is 9.59 Å². The van der Waals surface area contributed by atoms with E-state index in [9.17, 15) is 18.4 Å². The van der Waals surface area contributed by atoms with Gasteiger partial charge in [-0.05, 0) is 50.6 Å². The van der Waals surface area contributed by atoms with E-state index in [0.29, 0.717) is 11.3 Å². The molecular formula is C21H25F2N3O2. The van der Waals surface area contributed by atoms with Crippen LogP contribution >= 0.6 is 0 Å². The number of amides is 2. The van der Waals surface area contributed by atoms with Crippen LogP contribution < -0.4 is 10.6 Å². The molecule has 0 aromatic heterocycles. The van der Waals surface area contributed by atoms with Crippen LogP contribution in [0.2, 0.25) is 0 Å². The number of likely N-dealkylation sites (N-methyl/N-ethyl adjacent to an activating group) is 1. The highest BCUT2D eigenvalue weighted by atomic mass is 19.2. The van der Waals surface area contributed by atoms with E-state index >= 15 is 0 Å². The summed E-state index contributed by atoms with van der Waals surface area (Å²) in [5, 5.41) is 5.78. The van der Waals surface area contributed by atoms with Gasteiger partial charge in [0.15, 0.2) is 11.6 Å². The number of carbonyl (C=O) groups excluding carboxylic acids is 2. The van der Waals surface area contributed by atoms with Crippen molar-refractivity contribution in [2.45, 2.75) is 32.9 Å². The molecule has 0 aliphatic carbocycles. The lowest BCUT2D eigenvalue weighted by Crippen LogP contribution is -2.46. The van der Waals surface area contributed by atoms with E-state index in [1.165, 1.54) is 18.0 Å². The smallest absolute Gasteiger partial charge is 0.243 e. The number of nitrogens with zero attached hydrogens (tertiary/aromatic N) is 1. The summed E-state index contributed by atoms with van der Waals surface area (Å²) >= 11 is 0. The maximum absolute atomic E-state index is 13.4. The summed E-state index contributed by atoms with van der Waals surface area (Å²) < 4.78 is 26.4. The molecule has 2 N–H and O–H groups in total. The van der Waals surface area contributed by atoms with Gasteiger partial charge in [0.2, 0.25) is 11.8 Å². The minimum atomic E-state index is -0.935. The second-order valence-electron chi connectivity index (χ2n) is 6.89. The van der Waals surface area contributed by atoms with Crippen molar-refractivity contribution < 1.29 is 18.4 Å². The second kappa shape index (κ2) is 9.41. The molecule has 0 bridgehead atoms. The van der Waals surface area contributed by atoms with E-state index in [4.69, 9.17) is 0 Å². The van der Waals surface area contributed by atoms with E-state index in [0.717, 1.165) is 17.7 Å². The number of nitrogens with one attached hydrogen (secondary N) is 2. The third kappa shape index (κ3) is 5.85. The Labute approximate surface area is 163 Å². The van der Waals surface area contributed by atoms with Crippen molar-refractivity contribution in [2.75, 3.05) is 18.9 Å². The van der Waals surface area contributed by atoms with Crippen molar-refractivity contribution in [3.8, 4) is 0 Å². The fourth-order valence-corrected chi connectivity index (χ4v) is 2.79. The van der Waals surface area contributed by atoms with Gasteiger partial charge in [-0.3, -0.25) is 14.9 Å². The van der Waals surface area contributed by atoms with Gasteiger partial charge in [0.25, 0.3) is 0 Å². The highest BCUT2D eigenvalue weighted by Gasteiger charge is 2.22. The topological polar surface area (TPSA) is 61.4 Å². The standard InChI is InChI=1S/C21H25F2N3O2/c1-13-5-8-17(9-6-13)25-20(27)12-26(4)21(28)15(3)24-14(2)16-7-10-18(22)19(23)11-16/h5-11,14-15,24H,12H2,1-4H3,(H,25,27)/t14-,15-/m1/s1. The minimum absolute atomic E-state index is 0.0989. The Balaban J connectivity index is 1.89. The van der Waals surface area contributed by atoms with Crippen molar-refractivity contribution in [3.63, 3.8) is 0 Å². The third-order valence-corrected chi connectivity index (χ3v) is 4.41. The lowest BCUT2D eigenvalue weighted by atomic mass is 10.1. The SMILES string of the molecule is Cc1ccc(NC(=O)CN(C)C(=O)[C@@H](C)N[C@H](C)c2ccc(F)c(F)c2)cc1. The molecule has 0 saturated carbocycles. The number of rotatable bonds is 7. The molecule has 28 heavy (non-hydrogen) atoms. The summed E-state index contributed by atoms with van der Waals surface area (Å²) in [6.45, 7) is 5.26. The molecule has 0 heterocycles. The van der Waals surface area contributed by atoms with Crippen LogP contribution in [0.3, 0.4) is 0 Å². The Morgan fingerprint density at radius 2 is 1.68 bits per heavy atom. The first-order valence-electron chi connectivity index (χ1n) is 9.00. The van der Waals surface area contributed by atoms with Crippen molar-refractivity contribution >= 4 is 17.5 Å². The molecule has 0 fully saturated rings. The zero-order valence-corrected chi connectivity index (χ0v) is 16.4. The highest BCUT2D eigenvalue weighted by Crippen LogP contribution is 2.17. The predicted molar refractivity (Wildman–Crippen MR) is 105 cm³/mol. The van der Waals surface area contributed by atoms with Crippen LogP contribution in [0, 0.1) is 18.6 Å². The molecule has 2 amide bonds. The maximum atomic E-state index is 13.4. The van der Waals surface area contributed by atoms with E-state index in [1.54, 1.807) is 26.0 Å². The fourth-order valence-electron chi connectivity index (χ4n) is 2.79. The monoisotopic (exact) mass is 389 g/mol. The quantitative estimate of drug-likeness (QED) is 0.763. The predicted octanol–water partition coefficient (Wildman–Crippen LogP) is 3.41. The van der Waals surface area contributed by atoms with E-state index in [2.05, 4.69) is 10.6 Å². The van der Waals surface area contributed by atoms with Crippen molar-refractivity contribution in [2.24, 2.45) is 0 Å². The summed E-state index contributed by atoms with van der Waals surface area (Å²) in [5.41, 5.74) is 2.27. The molecule has 2 atom stereocenters. The molecule has 2 aromatic carbocycles. The van der Waals surface area contributed by atoms with Gasteiger partial charge in [-0.1, -0.05) is 23.8 Å². The molecule has 0 aliphatic rings. The summed E-state index contributed by atoms with van der Waals surface area (Å²) in [6.07, 6.45) is 0. The Kier molecular flexibility index (Phi) is 7.23. The Morgan fingerprint density at radius 3 is 2.29 bits per heavy atom. The van der Waals surface area contributed by atoms with Crippen LogP contribution in [0.15, 0.2) is 42.5 Å². The van der Waals surface area contributed by atoms with E-state index < -0.39 is 17.7 Å². The van der Waals surface area contributed by atoms with Gasteiger partial charge in [0.1, 0.15) is 0 Å². The number of carbonyl (C=O) groups is 2. The van der Waals surface area contributed by atoms with Crippen LogP contribution in [0.5, 0.6) is 0 Å². The highest BCUT2D eigenvalue weighted by molar-refractivity contribution is 5.95. The molecule has 0 radical (unpaired) electrons. The Bertz CT molecular complexity index is 840. The lowest BCUT2D eigenvalue weighted by molar-refractivity contribution is -0.135.